The molecule has 0 saturated carbocycles. The summed E-state index contributed by atoms with van der Waals surface area (Å²) in [6, 6.07) is 5.80. The predicted octanol–water partition coefficient (Wildman–Crippen LogP) is 2.63. The molecule has 0 heterocycles. The average Bonchev–Trinajstić information content (AvgIpc) is 2.45. The van der Waals surface area contributed by atoms with Gasteiger partial charge in [0.1, 0.15) is 5.75 Å². The summed E-state index contributed by atoms with van der Waals surface area (Å²) in [6.45, 7) is 6.14. The average molecular weight is 281 g/mol. The van der Waals surface area contributed by atoms with E-state index >= 15 is 0 Å². The van der Waals surface area contributed by atoms with E-state index in [1.54, 1.807) is 14.0 Å². The van der Waals surface area contributed by atoms with Gasteiger partial charge in [0.25, 0.3) is 0 Å². The summed E-state index contributed by atoms with van der Waals surface area (Å²) in [6.07, 6.45) is 0.798. The van der Waals surface area contributed by atoms with Gasteiger partial charge < -0.3 is 19.4 Å². The van der Waals surface area contributed by atoms with Crippen molar-refractivity contribution in [2.75, 3.05) is 33.5 Å². The topological polar surface area (TPSA) is 60.3 Å². The van der Waals surface area contributed by atoms with Crippen LogP contribution in [0.3, 0.4) is 0 Å². The maximum atomic E-state index is 8.87. The van der Waals surface area contributed by atoms with E-state index in [1.807, 2.05) is 25.1 Å². The molecule has 1 rings (SSSR count). The SMILES string of the molecule is COCCOCCCOc1cc(C)ccc1/C(C)=N/O. The number of hydrogen-bond donors (Lipinski definition) is 1. The van der Waals surface area contributed by atoms with Crippen LogP contribution in [0.4, 0.5) is 0 Å². The molecule has 1 aromatic carbocycles. The number of nitrogens with zero attached hydrogens (tertiary/aromatic N) is 1. The van der Waals surface area contributed by atoms with Gasteiger partial charge in [0, 0.05) is 25.7 Å². The first kappa shape index (κ1) is 16.5. The molecule has 0 aliphatic rings. The molecule has 1 N–H and O–H groups in total. The minimum Gasteiger partial charge on any atom is -0.493 e. The van der Waals surface area contributed by atoms with Gasteiger partial charge in [-0.15, -0.1) is 0 Å². The Morgan fingerprint density at radius 2 is 2.00 bits per heavy atom. The molecular formula is C15H23NO4. The van der Waals surface area contributed by atoms with Gasteiger partial charge >= 0.3 is 0 Å². The van der Waals surface area contributed by atoms with E-state index < -0.39 is 0 Å². The minimum absolute atomic E-state index is 0.538. The third kappa shape index (κ3) is 5.59. The van der Waals surface area contributed by atoms with Crippen LogP contribution in [0.2, 0.25) is 0 Å². The molecule has 0 saturated heterocycles. The number of hydrogen-bond acceptors (Lipinski definition) is 5. The molecule has 0 aromatic heterocycles. The van der Waals surface area contributed by atoms with Crippen LogP contribution < -0.4 is 4.74 Å². The van der Waals surface area contributed by atoms with Gasteiger partial charge in [-0.25, -0.2) is 0 Å². The Labute approximate surface area is 120 Å². The Morgan fingerprint density at radius 1 is 1.20 bits per heavy atom. The lowest BCUT2D eigenvalue weighted by Crippen LogP contribution is -2.08. The summed E-state index contributed by atoms with van der Waals surface area (Å²) in [5, 5.41) is 12.1. The summed E-state index contributed by atoms with van der Waals surface area (Å²) in [5.41, 5.74) is 2.44. The van der Waals surface area contributed by atoms with Crippen molar-refractivity contribution in [3.8, 4) is 5.75 Å². The van der Waals surface area contributed by atoms with Crippen molar-refractivity contribution in [1.29, 1.82) is 0 Å². The Bertz CT molecular complexity index is 432. The van der Waals surface area contributed by atoms with E-state index in [9.17, 15) is 0 Å². The Kier molecular flexibility index (Phi) is 7.69. The van der Waals surface area contributed by atoms with Crippen LogP contribution in [0.1, 0.15) is 24.5 Å². The summed E-state index contributed by atoms with van der Waals surface area (Å²) in [5.74, 6) is 0.734. The van der Waals surface area contributed by atoms with Gasteiger partial charge in [-0.3, -0.25) is 0 Å². The maximum absolute atomic E-state index is 8.87. The fraction of sp³-hybridized carbons (Fsp3) is 0.533. The van der Waals surface area contributed by atoms with Crippen molar-refractivity contribution >= 4 is 5.71 Å². The fourth-order valence-corrected chi connectivity index (χ4v) is 1.69. The van der Waals surface area contributed by atoms with Crippen molar-refractivity contribution < 1.29 is 19.4 Å². The molecular weight excluding hydrogens is 258 g/mol. The molecule has 112 valence electrons. The second kappa shape index (κ2) is 9.34. The largest absolute Gasteiger partial charge is 0.493 e. The highest BCUT2D eigenvalue weighted by Crippen LogP contribution is 2.21. The van der Waals surface area contributed by atoms with Gasteiger partial charge in [-0.2, -0.15) is 0 Å². The van der Waals surface area contributed by atoms with Crippen molar-refractivity contribution in [2.24, 2.45) is 5.16 Å². The summed E-state index contributed by atoms with van der Waals surface area (Å²) in [4.78, 5) is 0. The second-order valence-electron chi connectivity index (χ2n) is 4.49. The molecule has 0 aliphatic heterocycles. The number of benzene rings is 1. The smallest absolute Gasteiger partial charge is 0.128 e. The highest BCUT2D eigenvalue weighted by Gasteiger charge is 2.07. The third-order valence-electron chi connectivity index (χ3n) is 2.80. The summed E-state index contributed by atoms with van der Waals surface area (Å²) in [7, 11) is 1.65. The van der Waals surface area contributed by atoms with Crippen LogP contribution in [0.15, 0.2) is 23.4 Å². The fourth-order valence-electron chi connectivity index (χ4n) is 1.69. The summed E-state index contributed by atoms with van der Waals surface area (Å²) >= 11 is 0. The molecule has 0 spiro atoms. The molecule has 0 bridgehead atoms. The van der Waals surface area contributed by atoms with Crippen LogP contribution in [0, 0.1) is 6.92 Å². The van der Waals surface area contributed by atoms with Gasteiger partial charge in [0.2, 0.25) is 0 Å². The Balaban J connectivity index is 2.44. The minimum atomic E-state index is 0.538. The molecule has 20 heavy (non-hydrogen) atoms. The lowest BCUT2D eigenvalue weighted by atomic mass is 10.1. The lowest BCUT2D eigenvalue weighted by molar-refractivity contribution is 0.0644. The van der Waals surface area contributed by atoms with Gasteiger partial charge in [0.05, 0.1) is 25.5 Å². The van der Waals surface area contributed by atoms with E-state index in [-0.39, 0.29) is 0 Å². The monoisotopic (exact) mass is 281 g/mol. The van der Waals surface area contributed by atoms with E-state index in [0.717, 1.165) is 23.3 Å². The zero-order valence-corrected chi connectivity index (χ0v) is 12.4. The zero-order valence-electron chi connectivity index (χ0n) is 12.4. The van der Waals surface area contributed by atoms with Gasteiger partial charge in [-0.05, 0) is 31.5 Å². The molecule has 5 heteroatoms. The quantitative estimate of drug-likeness (QED) is 0.327. The van der Waals surface area contributed by atoms with Crippen LogP contribution >= 0.6 is 0 Å². The normalized spacial score (nSPS) is 11.7. The van der Waals surface area contributed by atoms with Crippen molar-refractivity contribution in [2.45, 2.75) is 20.3 Å². The van der Waals surface area contributed by atoms with Gasteiger partial charge in [-0.1, -0.05) is 11.2 Å². The van der Waals surface area contributed by atoms with E-state index in [1.165, 1.54) is 0 Å². The summed E-state index contributed by atoms with van der Waals surface area (Å²) < 4.78 is 16.0. The standard InChI is InChI=1S/C15H23NO4/c1-12-5-6-14(13(2)16-17)15(11-12)20-8-4-7-19-10-9-18-3/h5-6,11,17H,4,7-10H2,1-3H3/b16-13+. The van der Waals surface area contributed by atoms with Crippen LogP contribution in [-0.4, -0.2) is 44.5 Å². The number of oxime groups is 1. The molecule has 0 unspecified atom stereocenters. The molecule has 0 radical (unpaired) electrons. The molecule has 0 atom stereocenters. The van der Waals surface area contributed by atoms with Gasteiger partial charge in [0.15, 0.2) is 0 Å². The first-order valence-electron chi connectivity index (χ1n) is 6.68. The van der Waals surface area contributed by atoms with Crippen LogP contribution in [0.5, 0.6) is 5.75 Å². The maximum Gasteiger partial charge on any atom is 0.128 e. The molecule has 5 nitrogen and oxygen atoms in total. The Morgan fingerprint density at radius 3 is 2.70 bits per heavy atom. The first-order valence-corrected chi connectivity index (χ1v) is 6.68. The van der Waals surface area contributed by atoms with Crippen LogP contribution in [-0.2, 0) is 9.47 Å². The van der Waals surface area contributed by atoms with E-state index in [4.69, 9.17) is 19.4 Å². The zero-order chi connectivity index (χ0) is 14.8. The van der Waals surface area contributed by atoms with Crippen molar-refractivity contribution in [3.63, 3.8) is 0 Å². The number of rotatable bonds is 9. The highest BCUT2D eigenvalue weighted by atomic mass is 16.5. The molecule has 0 amide bonds. The number of aryl methyl sites for hydroxylation is 1. The molecule has 1 aromatic rings. The second-order valence-corrected chi connectivity index (χ2v) is 4.49. The van der Waals surface area contributed by atoms with E-state index in [2.05, 4.69) is 5.16 Å². The van der Waals surface area contributed by atoms with Crippen molar-refractivity contribution in [3.05, 3.63) is 29.3 Å². The van der Waals surface area contributed by atoms with E-state index in [0.29, 0.717) is 32.1 Å². The third-order valence-corrected chi connectivity index (χ3v) is 2.80. The first-order chi connectivity index (χ1) is 9.69. The number of methoxy groups -OCH3 is 1. The van der Waals surface area contributed by atoms with Crippen LogP contribution in [0.25, 0.3) is 0 Å². The molecule has 0 fully saturated rings. The van der Waals surface area contributed by atoms with Crippen molar-refractivity contribution in [1.82, 2.24) is 0 Å². The lowest BCUT2D eigenvalue weighted by Gasteiger charge is -2.12. The highest BCUT2D eigenvalue weighted by molar-refractivity contribution is 6.00. The Hall–Kier alpha value is -1.59. The predicted molar refractivity (Wildman–Crippen MR) is 78.0 cm³/mol. The molecule has 0 aliphatic carbocycles. The number of ether oxygens (including phenoxy) is 3.